The van der Waals surface area contributed by atoms with Crippen molar-refractivity contribution < 1.29 is 18.3 Å². The Bertz CT molecular complexity index is 851. The average molecular weight is 406 g/mol. The van der Waals surface area contributed by atoms with Crippen LogP contribution < -0.4 is 5.43 Å². The zero-order chi connectivity index (χ0) is 17.3. The first-order valence-corrected chi connectivity index (χ1v) is 8.85. The van der Waals surface area contributed by atoms with Gasteiger partial charge in [-0.25, -0.2) is 13.6 Å². The van der Waals surface area contributed by atoms with E-state index in [2.05, 4.69) is 15.9 Å². The first-order chi connectivity index (χ1) is 10.9. The fraction of sp³-hybridized carbons (Fsp3) is 0.333. The number of nitrogens with zero attached hydrogens (tertiary/aromatic N) is 1. The molecule has 1 heterocycles. The Hall–Kier alpha value is -1.41. The number of ether oxygens (including phenoxy) is 1. The molecule has 0 aliphatic rings. The number of hydrogen-bond donors (Lipinski definition) is 0. The normalized spacial score (nSPS) is 11.0. The van der Waals surface area contributed by atoms with Gasteiger partial charge in [0.25, 0.3) is 0 Å². The Kier molecular flexibility index (Phi) is 5.46. The van der Waals surface area contributed by atoms with Crippen LogP contribution in [0.5, 0.6) is 0 Å². The average Bonchev–Trinajstić information content (AvgIpc) is 2.53. The minimum Gasteiger partial charge on any atom is -0.462 e. The molecule has 0 amide bonds. The number of thioether (sulfide) groups is 1. The molecule has 0 atom stereocenters. The Morgan fingerprint density at radius 1 is 1.39 bits per heavy atom. The van der Waals surface area contributed by atoms with E-state index in [4.69, 9.17) is 4.74 Å². The highest BCUT2D eigenvalue weighted by molar-refractivity contribution is 9.10. The van der Waals surface area contributed by atoms with Crippen LogP contribution >= 0.6 is 27.7 Å². The minimum atomic E-state index is -1.16. The van der Waals surface area contributed by atoms with E-state index < -0.39 is 23.0 Å². The standard InChI is InChI=1S/C15H14BrF2NO3S/c1-4-19-12-7(6-8(17)11(18)10(12)16)13(20)9(14(19)23-3)15(21)22-5-2/h6H,4-5H2,1-3H3. The second-order valence-electron chi connectivity index (χ2n) is 4.56. The van der Waals surface area contributed by atoms with E-state index in [-0.39, 0.29) is 27.5 Å². The SMILES string of the molecule is CCOC(=O)c1c(SC)n(CC)c2c(Br)c(F)c(F)cc2c1=O. The summed E-state index contributed by atoms with van der Waals surface area (Å²) < 4.78 is 34.0. The number of hydrogen-bond acceptors (Lipinski definition) is 4. The number of rotatable bonds is 4. The summed E-state index contributed by atoms with van der Waals surface area (Å²) in [5, 5.41) is 0.286. The molecule has 0 spiro atoms. The van der Waals surface area contributed by atoms with Crippen LogP contribution in [0.2, 0.25) is 0 Å². The van der Waals surface area contributed by atoms with Gasteiger partial charge in [-0.1, -0.05) is 0 Å². The quantitative estimate of drug-likeness (QED) is 0.438. The van der Waals surface area contributed by atoms with Crippen molar-refractivity contribution >= 4 is 44.6 Å². The number of aromatic nitrogens is 1. The monoisotopic (exact) mass is 405 g/mol. The van der Waals surface area contributed by atoms with Crippen molar-refractivity contribution in [1.29, 1.82) is 0 Å². The minimum absolute atomic E-state index is 0.0709. The molecule has 0 saturated heterocycles. The van der Waals surface area contributed by atoms with Crippen molar-refractivity contribution in [2.45, 2.75) is 25.4 Å². The fourth-order valence-electron chi connectivity index (χ4n) is 2.39. The summed E-state index contributed by atoms with van der Waals surface area (Å²) in [7, 11) is 0. The summed E-state index contributed by atoms with van der Waals surface area (Å²) in [5.41, 5.74) is -0.618. The van der Waals surface area contributed by atoms with Gasteiger partial charge in [-0.3, -0.25) is 4.79 Å². The highest BCUT2D eigenvalue weighted by Gasteiger charge is 2.26. The van der Waals surface area contributed by atoms with E-state index in [0.717, 1.165) is 6.07 Å². The summed E-state index contributed by atoms with van der Waals surface area (Å²) in [4.78, 5) is 24.8. The number of aryl methyl sites for hydroxylation is 1. The smallest absolute Gasteiger partial charge is 0.344 e. The molecule has 1 aromatic carbocycles. The van der Waals surface area contributed by atoms with Crippen LogP contribution in [0.15, 0.2) is 20.4 Å². The van der Waals surface area contributed by atoms with Gasteiger partial charge in [0, 0.05) is 6.54 Å². The lowest BCUT2D eigenvalue weighted by Gasteiger charge is -2.18. The van der Waals surface area contributed by atoms with E-state index in [1.165, 1.54) is 11.8 Å². The zero-order valence-corrected chi connectivity index (χ0v) is 15.1. The van der Waals surface area contributed by atoms with Crippen LogP contribution in [0.25, 0.3) is 10.9 Å². The number of carbonyl (C=O) groups is 1. The molecule has 0 radical (unpaired) electrons. The summed E-state index contributed by atoms with van der Waals surface area (Å²) in [6.07, 6.45) is 1.70. The van der Waals surface area contributed by atoms with Crippen molar-refractivity contribution in [2.75, 3.05) is 12.9 Å². The number of fused-ring (bicyclic) bond motifs is 1. The van der Waals surface area contributed by atoms with Gasteiger partial charge >= 0.3 is 5.97 Å². The Morgan fingerprint density at radius 2 is 2.04 bits per heavy atom. The maximum atomic E-state index is 13.9. The van der Waals surface area contributed by atoms with Gasteiger partial charge < -0.3 is 9.30 Å². The van der Waals surface area contributed by atoms with Gasteiger partial charge in [0.05, 0.1) is 27.0 Å². The van der Waals surface area contributed by atoms with Gasteiger partial charge in [-0.05, 0) is 42.1 Å². The molecule has 0 saturated carbocycles. The summed E-state index contributed by atoms with van der Waals surface area (Å²) >= 11 is 4.19. The van der Waals surface area contributed by atoms with E-state index in [1.54, 1.807) is 24.7 Å². The highest BCUT2D eigenvalue weighted by atomic mass is 79.9. The zero-order valence-electron chi connectivity index (χ0n) is 12.7. The molecule has 0 aliphatic carbocycles. The van der Waals surface area contributed by atoms with E-state index in [0.29, 0.717) is 11.6 Å². The van der Waals surface area contributed by atoms with Gasteiger partial charge in [-0.15, -0.1) is 11.8 Å². The molecule has 23 heavy (non-hydrogen) atoms. The third kappa shape index (κ3) is 2.89. The van der Waals surface area contributed by atoms with E-state index in [9.17, 15) is 18.4 Å². The van der Waals surface area contributed by atoms with E-state index in [1.807, 2.05) is 0 Å². The molecule has 0 bridgehead atoms. The Balaban J connectivity index is 3.06. The van der Waals surface area contributed by atoms with Gasteiger partial charge in [0.2, 0.25) is 5.43 Å². The first kappa shape index (κ1) is 17.9. The molecule has 1 aromatic heterocycles. The molecule has 4 nitrogen and oxygen atoms in total. The molecule has 8 heteroatoms. The van der Waals surface area contributed by atoms with Crippen LogP contribution in [0, 0.1) is 11.6 Å². The molecular weight excluding hydrogens is 392 g/mol. The first-order valence-electron chi connectivity index (χ1n) is 6.84. The lowest BCUT2D eigenvalue weighted by atomic mass is 10.1. The molecule has 2 aromatic rings. The Morgan fingerprint density at radius 3 is 2.57 bits per heavy atom. The van der Waals surface area contributed by atoms with Crippen molar-refractivity contribution in [2.24, 2.45) is 0 Å². The van der Waals surface area contributed by atoms with Crippen molar-refractivity contribution in [3.63, 3.8) is 0 Å². The molecule has 124 valence electrons. The lowest BCUT2D eigenvalue weighted by Crippen LogP contribution is -2.24. The van der Waals surface area contributed by atoms with Crippen molar-refractivity contribution in [3.8, 4) is 0 Å². The third-order valence-electron chi connectivity index (χ3n) is 3.33. The van der Waals surface area contributed by atoms with Crippen LogP contribution in [0.3, 0.4) is 0 Å². The third-order valence-corrected chi connectivity index (χ3v) is 4.86. The van der Waals surface area contributed by atoms with Crippen LogP contribution in [-0.2, 0) is 11.3 Å². The molecule has 2 rings (SSSR count). The van der Waals surface area contributed by atoms with Crippen molar-refractivity contribution in [1.82, 2.24) is 4.57 Å². The largest absolute Gasteiger partial charge is 0.462 e. The summed E-state index contributed by atoms with van der Waals surface area (Å²) in [5.74, 6) is -3.00. The predicted octanol–water partition coefficient (Wildman–Crippen LogP) is 3.96. The maximum absolute atomic E-state index is 13.9. The predicted molar refractivity (Wildman–Crippen MR) is 89.2 cm³/mol. The van der Waals surface area contributed by atoms with Gasteiger partial charge in [-0.2, -0.15) is 0 Å². The summed E-state index contributed by atoms with van der Waals surface area (Å²) in [6.45, 7) is 3.88. The molecule has 0 N–H and O–H groups in total. The van der Waals surface area contributed by atoms with Crippen LogP contribution in [-0.4, -0.2) is 23.4 Å². The molecular formula is C15H14BrF2NO3S. The number of esters is 1. The lowest BCUT2D eigenvalue weighted by molar-refractivity contribution is 0.0519. The Labute approximate surface area is 143 Å². The fourth-order valence-corrected chi connectivity index (χ4v) is 3.83. The van der Waals surface area contributed by atoms with Gasteiger partial charge in [0.15, 0.2) is 11.6 Å². The van der Waals surface area contributed by atoms with Crippen LogP contribution in [0.1, 0.15) is 24.2 Å². The molecule has 0 aliphatic heterocycles. The molecule has 0 fully saturated rings. The number of pyridine rings is 1. The van der Waals surface area contributed by atoms with Gasteiger partial charge in [0.1, 0.15) is 5.56 Å². The topological polar surface area (TPSA) is 48.3 Å². The second kappa shape index (κ2) is 7.00. The number of benzene rings is 1. The van der Waals surface area contributed by atoms with Crippen molar-refractivity contribution in [3.05, 3.63) is 38.0 Å². The second-order valence-corrected chi connectivity index (χ2v) is 6.15. The maximum Gasteiger partial charge on any atom is 0.344 e. The number of halogens is 3. The molecule has 0 unspecified atom stereocenters. The highest BCUT2D eigenvalue weighted by Crippen LogP contribution is 2.32. The van der Waals surface area contributed by atoms with Crippen LogP contribution in [0.4, 0.5) is 8.78 Å². The number of carbonyl (C=O) groups excluding carboxylic acids is 1. The summed E-state index contributed by atoms with van der Waals surface area (Å²) in [6, 6.07) is 0.816. The van der Waals surface area contributed by atoms with E-state index >= 15 is 0 Å².